The molecule has 0 radical (unpaired) electrons. The van der Waals surface area contributed by atoms with Crippen LogP contribution in [0.4, 0.5) is 5.69 Å². The molecule has 0 aromatic carbocycles. The van der Waals surface area contributed by atoms with Crippen LogP contribution in [-0.4, -0.2) is 56.6 Å². The number of nitrogens with zero attached hydrogens (tertiary/aromatic N) is 4. The van der Waals surface area contributed by atoms with Crippen LogP contribution in [0.5, 0.6) is 0 Å². The van der Waals surface area contributed by atoms with Crippen LogP contribution in [-0.2, 0) is 20.9 Å². The zero-order chi connectivity index (χ0) is 19.6. The molecule has 0 atom stereocenters. The van der Waals surface area contributed by atoms with E-state index >= 15 is 0 Å². The highest BCUT2D eigenvalue weighted by Gasteiger charge is 2.25. The maximum atomic E-state index is 12.4. The average molecular weight is 373 g/mol. The summed E-state index contributed by atoms with van der Waals surface area (Å²) in [4.78, 5) is 41.2. The molecule has 2 aromatic heterocycles. The number of aromatic nitrogens is 3. The Hall–Kier alpha value is -2.97. The van der Waals surface area contributed by atoms with Gasteiger partial charge in [0, 0.05) is 45.7 Å². The van der Waals surface area contributed by atoms with Gasteiger partial charge in [-0.25, -0.2) is 14.5 Å². The predicted molar refractivity (Wildman–Crippen MR) is 98.2 cm³/mol. The highest BCUT2D eigenvalue weighted by atomic mass is 16.6. The van der Waals surface area contributed by atoms with Crippen molar-refractivity contribution in [2.75, 3.05) is 18.4 Å². The summed E-state index contributed by atoms with van der Waals surface area (Å²) in [7, 11) is 0. The van der Waals surface area contributed by atoms with Crippen LogP contribution in [0.1, 0.15) is 44.0 Å². The molecule has 1 fully saturated rings. The molecule has 1 saturated heterocycles. The Morgan fingerprint density at radius 1 is 1.22 bits per heavy atom. The van der Waals surface area contributed by atoms with Gasteiger partial charge in [-0.3, -0.25) is 9.59 Å². The van der Waals surface area contributed by atoms with E-state index in [-0.39, 0.29) is 17.5 Å². The quantitative estimate of drug-likeness (QED) is 0.640. The number of aryl methyl sites for hydroxylation is 1. The number of esters is 2. The van der Waals surface area contributed by atoms with Crippen molar-refractivity contribution >= 4 is 34.6 Å². The molecule has 2 aromatic rings. The molecule has 9 nitrogen and oxygen atoms in total. The number of nitrogens with one attached hydrogen (secondary N) is 1. The number of ether oxygens (including phenoxy) is 1. The fourth-order valence-corrected chi connectivity index (χ4v) is 3.30. The van der Waals surface area contributed by atoms with Crippen molar-refractivity contribution in [3.8, 4) is 0 Å². The monoisotopic (exact) mass is 373 g/mol. The number of carbonyl (C=O) groups excluding carboxylic acids is 3. The molecule has 0 bridgehead atoms. The number of anilines is 1. The molecule has 1 aliphatic heterocycles. The Labute approximate surface area is 156 Å². The molecule has 144 valence electrons. The molecule has 0 unspecified atom stereocenters. The van der Waals surface area contributed by atoms with E-state index in [1.54, 1.807) is 22.7 Å². The topological polar surface area (TPSA) is 106 Å². The first-order valence-electron chi connectivity index (χ1n) is 9.00. The summed E-state index contributed by atoms with van der Waals surface area (Å²) in [5.74, 6) is -1.36. The fourth-order valence-electron chi connectivity index (χ4n) is 3.30. The van der Waals surface area contributed by atoms with Gasteiger partial charge in [-0.1, -0.05) is 0 Å². The molecule has 3 rings (SSSR count). The number of pyridine rings is 1. The van der Waals surface area contributed by atoms with Gasteiger partial charge in [0.05, 0.1) is 17.3 Å². The number of fused-ring (bicyclic) bond motifs is 1. The summed E-state index contributed by atoms with van der Waals surface area (Å²) < 4.78 is 6.49. The minimum absolute atomic E-state index is 0.0645. The van der Waals surface area contributed by atoms with Crippen molar-refractivity contribution < 1.29 is 19.1 Å². The van der Waals surface area contributed by atoms with Gasteiger partial charge < -0.3 is 15.0 Å². The van der Waals surface area contributed by atoms with Crippen molar-refractivity contribution in [2.45, 2.75) is 46.2 Å². The van der Waals surface area contributed by atoms with Crippen LogP contribution >= 0.6 is 0 Å². The zero-order valence-electron chi connectivity index (χ0n) is 15.7. The minimum atomic E-state index is -0.746. The van der Waals surface area contributed by atoms with Gasteiger partial charge >= 0.3 is 11.9 Å². The smallest absolute Gasteiger partial charge is 0.349 e. The van der Waals surface area contributed by atoms with Gasteiger partial charge in [0.1, 0.15) is 5.56 Å². The first-order chi connectivity index (χ1) is 12.9. The Morgan fingerprint density at radius 3 is 2.52 bits per heavy atom. The van der Waals surface area contributed by atoms with Crippen LogP contribution in [0.15, 0.2) is 12.4 Å². The molecular weight excluding hydrogens is 350 g/mol. The van der Waals surface area contributed by atoms with Crippen LogP contribution < -0.4 is 5.32 Å². The lowest BCUT2D eigenvalue weighted by atomic mass is 10.0. The van der Waals surface area contributed by atoms with Gasteiger partial charge in [0.15, 0.2) is 5.65 Å². The van der Waals surface area contributed by atoms with E-state index in [1.165, 1.54) is 13.1 Å². The number of rotatable bonds is 4. The molecule has 0 spiro atoms. The third-order valence-electron chi connectivity index (χ3n) is 4.71. The van der Waals surface area contributed by atoms with Crippen LogP contribution in [0.2, 0.25) is 0 Å². The lowest BCUT2D eigenvalue weighted by Crippen LogP contribution is -2.41. The molecule has 1 aliphatic rings. The third-order valence-corrected chi connectivity index (χ3v) is 4.71. The minimum Gasteiger partial charge on any atom is -0.390 e. The molecule has 1 N–H and O–H groups in total. The number of amides is 1. The summed E-state index contributed by atoms with van der Waals surface area (Å²) in [6, 6.07) is 0.0834. The lowest BCUT2D eigenvalue weighted by Gasteiger charge is -2.32. The van der Waals surface area contributed by atoms with Crippen molar-refractivity contribution in [1.82, 2.24) is 19.7 Å². The van der Waals surface area contributed by atoms with E-state index in [0.29, 0.717) is 36.4 Å². The van der Waals surface area contributed by atoms with Gasteiger partial charge in [-0.15, -0.1) is 0 Å². The van der Waals surface area contributed by atoms with Gasteiger partial charge in [-0.2, -0.15) is 5.10 Å². The summed E-state index contributed by atoms with van der Waals surface area (Å²) >= 11 is 0. The number of piperidine rings is 1. The number of hydrogen-bond donors (Lipinski definition) is 1. The molecule has 0 aliphatic carbocycles. The first-order valence-corrected chi connectivity index (χ1v) is 9.00. The van der Waals surface area contributed by atoms with E-state index in [0.717, 1.165) is 12.8 Å². The second-order valence-electron chi connectivity index (χ2n) is 6.55. The number of likely N-dealkylation sites (tertiary alicyclic amines) is 1. The summed E-state index contributed by atoms with van der Waals surface area (Å²) in [5.41, 5.74) is 1.41. The van der Waals surface area contributed by atoms with Crippen LogP contribution in [0.25, 0.3) is 11.0 Å². The van der Waals surface area contributed by atoms with Crippen molar-refractivity contribution in [2.24, 2.45) is 0 Å². The van der Waals surface area contributed by atoms with E-state index < -0.39 is 11.9 Å². The largest absolute Gasteiger partial charge is 0.390 e. The van der Waals surface area contributed by atoms with Gasteiger partial charge in [0.2, 0.25) is 5.91 Å². The maximum Gasteiger partial charge on any atom is 0.349 e. The Balaban J connectivity index is 1.93. The van der Waals surface area contributed by atoms with Gasteiger partial charge in [-0.05, 0) is 19.8 Å². The average Bonchev–Trinajstić information content (AvgIpc) is 3.05. The molecule has 3 heterocycles. The second-order valence-corrected chi connectivity index (χ2v) is 6.55. The lowest BCUT2D eigenvalue weighted by molar-refractivity contribution is -0.135. The normalized spacial score (nSPS) is 15.0. The Kier molecular flexibility index (Phi) is 5.38. The van der Waals surface area contributed by atoms with Crippen molar-refractivity contribution in [3.05, 3.63) is 18.0 Å². The molecule has 1 amide bonds. The SMILES string of the molecule is CCn1ncc2c(NC3CCN(C(C)=O)CC3)c(C(=O)OC(C)=O)cnc21. The Morgan fingerprint density at radius 2 is 1.93 bits per heavy atom. The van der Waals surface area contributed by atoms with E-state index in [2.05, 4.69) is 15.4 Å². The van der Waals surface area contributed by atoms with E-state index in [9.17, 15) is 14.4 Å². The van der Waals surface area contributed by atoms with Crippen LogP contribution in [0.3, 0.4) is 0 Å². The summed E-state index contributed by atoms with van der Waals surface area (Å²) in [6.45, 7) is 6.66. The number of hydrogen-bond acceptors (Lipinski definition) is 7. The highest BCUT2D eigenvalue weighted by molar-refractivity contribution is 6.06. The fraction of sp³-hybridized carbons (Fsp3) is 0.500. The maximum absolute atomic E-state index is 12.4. The molecule has 9 heteroatoms. The third kappa shape index (κ3) is 3.91. The zero-order valence-corrected chi connectivity index (χ0v) is 15.7. The van der Waals surface area contributed by atoms with Crippen LogP contribution in [0, 0.1) is 0 Å². The van der Waals surface area contributed by atoms with E-state index in [4.69, 9.17) is 4.74 Å². The highest BCUT2D eigenvalue weighted by Crippen LogP contribution is 2.29. The van der Waals surface area contributed by atoms with E-state index in [1.807, 2.05) is 6.92 Å². The predicted octanol–water partition coefficient (Wildman–Crippen LogP) is 1.58. The van der Waals surface area contributed by atoms with Crippen molar-refractivity contribution in [3.63, 3.8) is 0 Å². The molecular formula is C18H23N5O4. The number of carbonyl (C=O) groups is 3. The standard InChI is InChI=1S/C18H23N5O4/c1-4-23-17-14(10-20-23)16(15(9-19-17)18(26)27-12(3)25)21-13-5-7-22(8-6-13)11(2)24/h9-10,13H,4-8H2,1-3H3,(H,19,21). The first kappa shape index (κ1) is 18.8. The Bertz CT molecular complexity index is 883. The van der Waals surface area contributed by atoms with Crippen molar-refractivity contribution in [1.29, 1.82) is 0 Å². The molecule has 27 heavy (non-hydrogen) atoms. The van der Waals surface area contributed by atoms with Gasteiger partial charge in [0.25, 0.3) is 0 Å². The summed E-state index contributed by atoms with van der Waals surface area (Å²) in [6.07, 6.45) is 4.58. The molecule has 0 saturated carbocycles. The second kappa shape index (κ2) is 7.73. The summed E-state index contributed by atoms with van der Waals surface area (Å²) in [5, 5.41) is 8.40.